The molecule has 0 spiro atoms. The van der Waals surface area contributed by atoms with Crippen LogP contribution in [-0.2, 0) is 84.8 Å². The number of hydrogen-bond donors (Lipinski definition) is 6. The summed E-state index contributed by atoms with van der Waals surface area (Å²) in [7, 11) is 2.92. The van der Waals surface area contributed by atoms with Crippen LogP contribution in [0.5, 0.6) is 5.75 Å². The van der Waals surface area contributed by atoms with Gasteiger partial charge in [-0.05, 0) is 79.8 Å². The van der Waals surface area contributed by atoms with Crippen molar-refractivity contribution in [1.29, 1.82) is 0 Å². The Morgan fingerprint density at radius 1 is 0.852 bits per heavy atom. The number of nitrogens with zero attached hydrogens (tertiary/aromatic N) is 1. The number of hydrogen-bond acceptors (Lipinski definition) is 16. The van der Waals surface area contributed by atoms with Gasteiger partial charge in [-0.3, -0.25) is 43.2 Å². The molecule has 0 aliphatic carbocycles. The third kappa shape index (κ3) is 19.4. The van der Waals surface area contributed by atoms with Crippen molar-refractivity contribution in [3.63, 3.8) is 0 Å². The molecule has 3 aliphatic heterocycles. The molecule has 442 valence electrons. The number of imide groups is 1. The summed E-state index contributed by atoms with van der Waals surface area (Å²) in [5, 5.41) is 16.9. The fraction of sp³-hybridized carbons (Fsp3) is 0.561. The van der Waals surface area contributed by atoms with Crippen molar-refractivity contribution in [1.82, 2.24) is 37.0 Å². The van der Waals surface area contributed by atoms with Crippen molar-refractivity contribution < 1.29 is 76.5 Å². The molecule has 3 aliphatic rings. The van der Waals surface area contributed by atoms with Gasteiger partial charge < -0.3 is 55.7 Å². The van der Waals surface area contributed by atoms with Crippen LogP contribution in [0.15, 0.2) is 54.6 Å². The number of carbonyl (C=O) groups is 11. The number of cyclic esters (lactones) is 2. The van der Waals surface area contributed by atoms with Crippen molar-refractivity contribution in [3.8, 4) is 5.75 Å². The third-order valence-corrected chi connectivity index (χ3v) is 14.2. The number of nitrogens with one attached hydrogen (secondary N) is 6. The van der Waals surface area contributed by atoms with Gasteiger partial charge in [-0.2, -0.15) is 0 Å². The molecule has 24 heteroatoms. The summed E-state index contributed by atoms with van der Waals surface area (Å²) in [6.07, 6.45) is -0.738. The molecule has 5 rings (SSSR count). The van der Waals surface area contributed by atoms with Crippen LogP contribution in [0, 0.1) is 23.2 Å². The normalized spacial score (nSPS) is 22.0. The Bertz CT molecular complexity index is 2660. The van der Waals surface area contributed by atoms with Gasteiger partial charge in [0.05, 0.1) is 23.7 Å². The highest BCUT2D eigenvalue weighted by Crippen LogP contribution is 2.45. The van der Waals surface area contributed by atoms with Gasteiger partial charge in [0.25, 0.3) is 11.8 Å². The van der Waals surface area contributed by atoms with E-state index in [1.807, 2.05) is 32.9 Å². The summed E-state index contributed by atoms with van der Waals surface area (Å²) < 4.78 is 23.4. The number of halogens is 1. The van der Waals surface area contributed by atoms with Gasteiger partial charge in [0.2, 0.25) is 35.4 Å². The van der Waals surface area contributed by atoms with Crippen molar-refractivity contribution in [3.05, 3.63) is 76.3 Å². The highest BCUT2D eigenvalue weighted by Gasteiger charge is 2.48. The van der Waals surface area contributed by atoms with E-state index in [1.54, 1.807) is 58.0 Å². The number of rotatable bonds is 23. The van der Waals surface area contributed by atoms with Crippen LogP contribution in [0.1, 0.15) is 129 Å². The number of hydroxylamine groups is 2. The molecule has 0 saturated carbocycles. The quantitative estimate of drug-likeness (QED) is 0.0525. The van der Waals surface area contributed by atoms with E-state index in [2.05, 4.69) is 31.9 Å². The molecule has 2 fully saturated rings. The lowest BCUT2D eigenvalue weighted by Crippen LogP contribution is -2.55. The zero-order valence-electron chi connectivity index (χ0n) is 47.3. The maximum absolute atomic E-state index is 14.0. The second-order valence-corrected chi connectivity index (χ2v) is 22.2. The van der Waals surface area contributed by atoms with Gasteiger partial charge in [0, 0.05) is 71.0 Å². The van der Waals surface area contributed by atoms with E-state index in [-0.39, 0.29) is 89.1 Å². The molecule has 2 aromatic rings. The standard InChI is InChI=1S/C57H76ClN7O16/c1-31(2)26-42-55(75)78-40(12-10-13-44(67)62-39(28-35-18-22-41(77-9)37(58)27-35)53(73)61-30-57(6,7)56(76)79-42)33(5)50-51(80-50)36-19-16-34(17-20-36)29-60-52(72)38(21-23-43(66)59-8)63-54(74)49(32(3)4)64-45(68)14-11-15-48(71)81-65-46(69)24-25-47(65)70/h10,13,16-20,22,27,31-33,38-40,42,49-51H,11-12,14-15,21,23-26,28-30H2,1-9H3,(H,59,66)(H,60,72)(H,61,73)(H,62,67)(H,63,74)(H,64,68)/b13-10+/t33?,38-,39+,40-,42-,49-,50+,51+/m0/s1. The Hall–Kier alpha value is -7.40. The number of methoxy groups -OCH3 is 1. The third-order valence-electron chi connectivity index (χ3n) is 13.9. The smallest absolute Gasteiger partial charge is 0.347 e. The fourth-order valence-electron chi connectivity index (χ4n) is 8.87. The zero-order valence-corrected chi connectivity index (χ0v) is 48.1. The van der Waals surface area contributed by atoms with Gasteiger partial charge >= 0.3 is 17.9 Å². The Labute approximate surface area is 476 Å². The largest absolute Gasteiger partial charge is 0.495 e. The summed E-state index contributed by atoms with van der Waals surface area (Å²) in [5.74, 6) is -7.56. The van der Waals surface area contributed by atoms with E-state index in [1.165, 1.54) is 26.3 Å². The van der Waals surface area contributed by atoms with Crippen molar-refractivity contribution >= 4 is 76.8 Å². The highest BCUT2D eigenvalue weighted by atomic mass is 35.5. The van der Waals surface area contributed by atoms with E-state index in [4.69, 9.17) is 35.4 Å². The number of amides is 8. The monoisotopic (exact) mass is 1150 g/mol. The Morgan fingerprint density at radius 3 is 2.16 bits per heavy atom. The van der Waals surface area contributed by atoms with Crippen LogP contribution < -0.4 is 36.6 Å². The second kappa shape index (κ2) is 29.9. The first-order valence-corrected chi connectivity index (χ1v) is 27.6. The minimum atomic E-state index is -1.30. The minimum Gasteiger partial charge on any atom is -0.495 e. The van der Waals surface area contributed by atoms with Crippen LogP contribution in [-0.4, -0.2) is 127 Å². The predicted octanol–water partition coefficient (Wildman–Crippen LogP) is 3.67. The van der Waals surface area contributed by atoms with Gasteiger partial charge in [-0.15, -0.1) is 5.06 Å². The van der Waals surface area contributed by atoms with Gasteiger partial charge in [-0.1, -0.05) is 82.6 Å². The van der Waals surface area contributed by atoms with Crippen LogP contribution >= 0.6 is 11.6 Å². The molecule has 81 heavy (non-hydrogen) atoms. The van der Waals surface area contributed by atoms with Crippen LogP contribution in [0.25, 0.3) is 0 Å². The van der Waals surface area contributed by atoms with Gasteiger partial charge in [-0.25, -0.2) is 9.59 Å². The summed E-state index contributed by atoms with van der Waals surface area (Å²) in [6, 6.07) is 8.85. The topological polar surface area (TPSA) is 313 Å². The maximum atomic E-state index is 14.0. The number of epoxide rings is 1. The zero-order chi connectivity index (χ0) is 59.7. The van der Waals surface area contributed by atoms with Gasteiger partial charge in [0.15, 0.2) is 6.10 Å². The fourth-order valence-corrected chi connectivity index (χ4v) is 9.15. The van der Waals surface area contributed by atoms with Crippen molar-refractivity contribution in [2.45, 2.75) is 162 Å². The number of carbonyl (C=O) groups excluding carboxylic acids is 11. The van der Waals surface area contributed by atoms with E-state index < -0.39 is 119 Å². The Balaban J connectivity index is 1.23. The van der Waals surface area contributed by atoms with E-state index >= 15 is 0 Å². The second-order valence-electron chi connectivity index (χ2n) is 21.8. The molecule has 2 saturated heterocycles. The summed E-state index contributed by atoms with van der Waals surface area (Å²) in [6.45, 7) is 12.0. The van der Waals surface area contributed by atoms with E-state index in [0.717, 1.165) is 5.56 Å². The maximum Gasteiger partial charge on any atom is 0.347 e. The first-order valence-electron chi connectivity index (χ1n) is 27.2. The highest BCUT2D eigenvalue weighted by molar-refractivity contribution is 6.32. The average molecular weight is 1150 g/mol. The summed E-state index contributed by atoms with van der Waals surface area (Å²) in [4.78, 5) is 148. The molecule has 2 aromatic carbocycles. The SMILES string of the molecule is CNC(=O)CC[C@H](NC(=O)[C@@H](NC(=O)CCCC(=O)ON1C(=O)CCC1=O)C(C)C)C(=O)NCc1ccc([C@H]2O[C@@H]2C(C)[C@@H]2C/C=C/C(=O)N[C@H](Cc3ccc(OC)c(Cl)c3)C(=O)NCC(C)(C)C(=O)O[C@@H](CC(C)C)C(=O)O2)cc1. The Morgan fingerprint density at radius 2 is 1.53 bits per heavy atom. The van der Waals surface area contributed by atoms with Crippen molar-refractivity contribution in [2.24, 2.45) is 23.2 Å². The number of benzene rings is 2. The molecule has 8 amide bonds. The molecule has 3 heterocycles. The molecule has 0 radical (unpaired) electrons. The Kier molecular flexibility index (Phi) is 23.8. The average Bonchev–Trinajstić information content (AvgIpc) is 4.35. The lowest BCUT2D eigenvalue weighted by molar-refractivity contribution is -0.197. The number of esters is 2. The number of ether oxygens (including phenoxy) is 4. The first-order chi connectivity index (χ1) is 38.3. The lowest BCUT2D eigenvalue weighted by atomic mass is 9.92. The van der Waals surface area contributed by atoms with E-state index in [9.17, 15) is 52.7 Å². The predicted molar refractivity (Wildman–Crippen MR) is 291 cm³/mol. The molecule has 1 unspecified atom stereocenters. The van der Waals surface area contributed by atoms with Gasteiger partial charge in [0.1, 0.15) is 36.1 Å². The first kappa shape index (κ1) is 64.4. The molecular formula is C57H76ClN7O16. The summed E-state index contributed by atoms with van der Waals surface area (Å²) in [5.41, 5.74) is 0.795. The molecule has 8 atom stereocenters. The van der Waals surface area contributed by atoms with Crippen molar-refractivity contribution in [2.75, 3.05) is 20.7 Å². The molecule has 0 aromatic heterocycles. The van der Waals surface area contributed by atoms with Crippen LogP contribution in [0.4, 0.5) is 0 Å². The van der Waals surface area contributed by atoms with E-state index in [0.29, 0.717) is 27.0 Å². The van der Waals surface area contributed by atoms with Crippen LogP contribution in [0.2, 0.25) is 5.02 Å². The lowest BCUT2D eigenvalue weighted by Gasteiger charge is -2.29. The summed E-state index contributed by atoms with van der Waals surface area (Å²) >= 11 is 6.38. The minimum absolute atomic E-state index is 0.00740. The molecular weight excluding hydrogens is 1070 g/mol. The van der Waals surface area contributed by atoms with Crippen LogP contribution in [0.3, 0.4) is 0 Å². The molecule has 0 bridgehead atoms. The molecule has 6 N–H and O–H groups in total. The molecule has 23 nitrogen and oxygen atoms in total.